The number of halogens is 3. The summed E-state index contributed by atoms with van der Waals surface area (Å²) in [6.45, 7) is 0. The fourth-order valence-electron chi connectivity index (χ4n) is 1.52. The van der Waals surface area contributed by atoms with Crippen molar-refractivity contribution in [3.05, 3.63) is 48.2 Å². The van der Waals surface area contributed by atoms with Gasteiger partial charge in [-0.25, -0.2) is 4.98 Å². The normalized spacial score (nSPS) is 11.3. The Balaban J connectivity index is 2.38. The van der Waals surface area contributed by atoms with Gasteiger partial charge in [-0.3, -0.25) is 0 Å². The van der Waals surface area contributed by atoms with Crippen molar-refractivity contribution in [1.82, 2.24) is 4.98 Å². The first-order valence-electron chi connectivity index (χ1n) is 5.19. The fourth-order valence-corrected chi connectivity index (χ4v) is 1.52. The molecule has 2 rings (SSSR count). The Bertz CT molecular complexity index is 535. The number of hydrogen-bond acceptors (Lipinski definition) is 2. The largest absolute Gasteiger partial charge is 0.497 e. The van der Waals surface area contributed by atoms with E-state index in [0.717, 1.165) is 6.07 Å². The van der Waals surface area contributed by atoms with Crippen LogP contribution in [0, 0.1) is 0 Å². The van der Waals surface area contributed by atoms with Crippen molar-refractivity contribution < 1.29 is 17.9 Å². The van der Waals surface area contributed by atoms with E-state index >= 15 is 0 Å². The van der Waals surface area contributed by atoms with Gasteiger partial charge in [0.05, 0.1) is 12.8 Å². The monoisotopic (exact) mass is 253 g/mol. The molecule has 1 aromatic carbocycles. The van der Waals surface area contributed by atoms with Crippen LogP contribution < -0.4 is 4.74 Å². The minimum absolute atomic E-state index is 0.285. The van der Waals surface area contributed by atoms with Crippen molar-refractivity contribution >= 4 is 0 Å². The highest BCUT2D eigenvalue weighted by molar-refractivity contribution is 5.60. The van der Waals surface area contributed by atoms with Crippen LogP contribution in [-0.2, 0) is 6.18 Å². The molecule has 0 spiro atoms. The lowest BCUT2D eigenvalue weighted by atomic mass is 10.1. The van der Waals surface area contributed by atoms with Crippen molar-refractivity contribution in [2.45, 2.75) is 6.18 Å². The Hall–Kier alpha value is -2.04. The van der Waals surface area contributed by atoms with E-state index in [2.05, 4.69) is 4.98 Å². The molecule has 0 amide bonds. The van der Waals surface area contributed by atoms with E-state index in [-0.39, 0.29) is 5.69 Å². The molecular weight excluding hydrogens is 243 g/mol. The summed E-state index contributed by atoms with van der Waals surface area (Å²) in [5.41, 5.74) is 0.00481. The van der Waals surface area contributed by atoms with Crippen LogP contribution >= 0.6 is 0 Å². The van der Waals surface area contributed by atoms with Gasteiger partial charge >= 0.3 is 6.18 Å². The summed E-state index contributed by atoms with van der Waals surface area (Å²) >= 11 is 0. The first-order chi connectivity index (χ1) is 8.50. The van der Waals surface area contributed by atoms with Gasteiger partial charge in [0.15, 0.2) is 0 Å². The molecule has 0 saturated carbocycles. The van der Waals surface area contributed by atoms with Crippen LogP contribution in [0.1, 0.15) is 5.69 Å². The number of ether oxygens (including phenoxy) is 1. The van der Waals surface area contributed by atoms with Crippen molar-refractivity contribution in [3.63, 3.8) is 0 Å². The van der Waals surface area contributed by atoms with Crippen molar-refractivity contribution in [2.24, 2.45) is 0 Å². The third kappa shape index (κ3) is 2.61. The van der Waals surface area contributed by atoms with Gasteiger partial charge in [0.25, 0.3) is 0 Å². The molecule has 0 aliphatic rings. The summed E-state index contributed by atoms with van der Waals surface area (Å²) in [7, 11) is 1.53. The van der Waals surface area contributed by atoms with E-state index in [1.54, 1.807) is 24.3 Å². The topological polar surface area (TPSA) is 22.1 Å². The number of hydrogen-bond donors (Lipinski definition) is 0. The fraction of sp³-hybridized carbons (Fsp3) is 0.154. The first-order valence-corrected chi connectivity index (χ1v) is 5.19. The average molecular weight is 253 g/mol. The molecule has 0 aliphatic carbocycles. The predicted molar refractivity (Wildman–Crippen MR) is 61.2 cm³/mol. The molecule has 5 heteroatoms. The zero-order valence-corrected chi connectivity index (χ0v) is 9.53. The van der Waals surface area contributed by atoms with E-state index in [9.17, 15) is 13.2 Å². The Morgan fingerprint density at radius 3 is 2.22 bits per heavy atom. The van der Waals surface area contributed by atoms with Crippen LogP contribution in [0.5, 0.6) is 5.75 Å². The van der Waals surface area contributed by atoms with Gasteiger partial charge in [-0.15, -0.1) is 0 Å². The lowest BCUT2D eigenvalue weighted by Crippen LogP contribution is -2.07. The van der Waals surface area contributed by atoms with Gasteiger partial charge < -0.3 is 4.74 Å². The zero-order valence-electron chi connectivity index (χ0n) is 9.53. The van der Waals surface area contributed by atoms with Crippen LogP contribution in [-0.4, -0.2) is 12.1 Å². The highest BCUT2D eigenvalue weighted by Crippen LogP contribution is 2.29. The summed E-state index contributed by atoms with van der Waals surface area (Å²) in [5.74, 6) is 0.644. The second-order valence-electron chi connectivity index (χ2n) is 3.63. The average Bonchev–Trinajstić information content (AvgIpc) is 2.38. The maximum Gasteiger partial charge on any atom is 0.433 e. The number of pyridine rings is 1. The van der Waals surface area contributed by atoms with Crippen LogP contribution in [0.25, 0.3) is 11.3 Å². The minimum atomic E-state index is -4.43. The number of alkyl halides is 3. The van der Waals surface area contributed by atoms with Crippen molar-refractivity contribution in [2.75, 3.05) is 7.11 Å². The van der Waals surface area contributed by atoms with Gasteiger partial charge in [0, 0.05) is 5.56 Å². The Kier molecular flexibility index (Phi) is 3.23. The Labute approximate surface area is 102 Å². The summed E-state index contributed by atoms with van der Waals surface area (Å²) in [6.07, 6.45) is -4.43. The number of aromatic nitrogens is 1. The lowest BCUT2D eigenvalue weighted by Gasteiger charge is -2.08. The van der Waals surface area contributed by atoms with Gasteiger partial charge in [0.1, 0.15) is 11.4 Å². The van der Waals surface area contributed by atoms with E-state index in [1.165, 1.54) is 19.2 Å². The molecule has 2 aromatic rings. The molecule has 0 saturated heterocycles. The van der Waals surface area contributed by atoms with E-state index in [1.807, 2.05) is 0 Å². The molecule has 2 nitrogen and oxygen atoms in total. The van der Waals surface area contributed by atoms with Gasteiger partial charge in [-0.1, -0.05) is 6.07 Å². The second-order valence-corrected chi connectivity index (χ2v) is 3.63. The number of nitrogens with zero attached hydrogens (tertiary/aromatic N) is 1. The summed E-state index contributed by atoms with van der Waals surface area (Å²) in [4.78, 5) is 3.60. The molecule has 0 radical (unpaired) electrons. The molecule has 0 N–H and O–H groups in total. The minimum Gasteiger partial charge on any atom is -0.497 e. The molecule has 0 bridgehead atoms. The van der Waals surface area contributed by atoms with Crippen LogP contribution in [0.15, 0.2) is 42.5 Å². The Morgan fingerprint density at radius 2 is 1.67 bits per heavy atom. The second kappa shape index (κ2) is 4.68. The molecule has 0 aliphatic heterocycles. The van der Waals surface area contributed by atoms with E-state index in [0.29, 0.717) is 11.3 Å². The van der Waals surface area contributed by atoms with E-state index in [4.69, 9.17) is 4.74 Å². The lowest BCUT2D eigenvalue weighted by molar-refractivity contribution is -0.141. The first kappa shape index (κ1) is 12.4. The number of benzene rings is 1. The van der Waals surface area contributed by atoms with Crippen molar-refractivity contribution in [1.29, 1.82) is 0 Å². The third-order valence-electron chi connectivity index (χ3n) is 2.43. The SMILES string of the molecule is COc1ccc(-c2cccc(C(F)(F)F)n2)cc1. The maximum atomic E-state index is 12.5. The molecule has 1 aromatic heterocycles. The predicted octanol–water partition coefficient (Wildman–Crippen LogP) is 3.78. The summed E-state index contributed by atoms with van der Waals surface area (Å²) < 4.78 is 42.5. The van der Waals surface area contributed by atoms with Crippen LogP contribution in [0.3, 0.4) is 0 Å². The summed E-state index contributed by atoms with van der Waals surface area (Å²) in [5, 5.41) is 0. The van der Waals surface area contributed by atoms with Gasteiger partial charge in [-0.05, 0) is 36.4 Å². The van der Waals surface area contributed by atoms with Crippen molar-refractivity contribution in [3.8, 4) is 17.0 Å². The van der Waals surface area contributed by atoms with Gasteiger partial charge in [-0.2, -0.15) is 13.2 Å². The van der Waals surface area contributed by atoms with Crippen LogP contribution in [0.2, 0.25) is 0 Å². The summed E-state index contributed by atoms with van der Waals surface area (Å²) in [6, 6.07) is 10.5. The smallest absolute Gasteiger partial charge is 0.433 e. The Morgan fingerprint density at radius 1 is 1.00 bits per heavy atom. The molecule has 1 heterocycles. The van der Waals surface area contributed by atoms with Gasteiger partial charge in [0.2, 0.25) is 0 Å². The zero-order chi connectivity index (χ0) is 13.2. The molecule has 0 unspecified atom stereocenters. The number of rotatable bonds is 2. The highest BCUT2D eigenvalue weighted by atomic mass is 19.4. The van der Waals surface area contributed by atoms with E-state index < -0.39 is 11.9 Å². The van der Waals surface area contributed by atoms with Crippen LogP contribution in [0.4, 0.5) is 13.2 Å². The standard InChI is InChI=1S/C13H10F3NO/c1-18-10-7-5-9(6-8-10)11-3-2-4-12(17-11)13(14,15)16/h2-8H,1H3. The molecule has 18 heavy (non-hydrogen) atoms. The molecule has 0 atom stereocenters. The number of methoxy groups -OCH3 is 1. The quantitative estimate of drug-likeness (QED) is 0.812. The molecular formula is C13H10F3NO. The third-order valence-corrected chi connectivity index (χ3v) is 2.43. The molecule has 0 fully saturated rings. The maximum absolute atomic E-state index is 12.5. The molecule has 94 valence electrons. The highest BCUT2D eigenvalue weighted by Gasteiger charge is 2.32.